The number of hydrogen-bond acceptors (Lipinski definition) is 2. The van der Waals surface area contributed by atoms with Gasteiger partial charge in [-0.1, -0.05) is 46.3 Å². The van der Waals surface area contributed by atoms with Crippen LogP contribution in [0.4, 0.5) is 5.69 Å². The van der Waals surface area contributed by atoms with Gasteiger partial charge in [0.2, 0.25) is 11.8 Å². The highest BCUT2D eigenvalue weighted by molar-refractivity contribution is 9.10. The molecule has 1 atom stereocenters. The highest BCUT2D eigenvalue weighted by atomic mass is 79.9. The first-order valence-corrected chi connectivity index (χ1v) is 7.50. The molecule has 4 heteroatoms. The Labute approximate surface area is 131 Å². The van der Waals surface area contributed by atoms with Crippen LogP contribution in [0.5, 0.6) is 0 Å². The zero-order valence-electron chi connectivity index (χ0n) is 11.5. The number of carbonyl (C=O) groups is 2. The van der Waals surface area contributed by atoms with E-state index in [0.717, 1.165) is 10.0 Å². The van der Waals surface area contributed by atoms with E-state index in [0.29, 0.717) is 5.69 Å². The molecule has 3 nitrogen and oxygen atoms in total. The van der Waals surface area contributed by atoms with Gasteiger partial charge in [-0.3, -0.25) is 9.59 Å². The maximum Gasteiger partial charge on any atom is 0.244 e. The number of anilines is 1. The summed E-state index contributed by atoms with van der Waals surface area (Å²) in [6.45, 7) is 1.83. The van der Waals surface area contributed by atoms with Gasteiger partial charge in [0.25, 0.3) is 0 Å². The van der Waals surface area contributed by atoms with Gasteiger partial charge in [-0.15, -0.1) is 0 Å². The van der Waals surface area contributed by atoms with Gasteiger partial charge in [0.05, 0.1) is 11.1 Å². The first-order chi connectivity index (χ1) is 10.0. The predicted octanol–water partition coefficient (Wildman–Crippen LogP) is 3.67. The summed E-state index contributed by atoms with van der Waals surface area (Å²) in [5.74, 6) is -0.324. The van der Waals surface area contributed by atoms with E-state index in [1.165, 1.54) is 4.90 Å². The third-order valence-corrected chi connectivity index (χ3v) is 4.45. The van der Waals surface area contributed by atoms with Crippen LogP contribution in [0.3, 0.4) is 0 Å². The quantitative estimate of drug-likeness (QED) is 0.780. The number of carbonyl (C=O) groups excluding carboxylic acids is 2. The molecule has 2 aromatic carbocycles. The van der Waals surface area contributed by atoms with Crippen molar-refractivity contribution < 1.29 is 9.59 Å². The molecule has 1 heterocycles. The number of nitrogens with zero attached hydrogens (tertiary/aromatic N) is 1. The maximum atomic E-state index is 12.8. The fraction of sp³-hybridized carbons (Fsp3) is 0.176. The lowest BCUT2D eigenvalue weighted by atomic mass is 9.81. The van der Waals surface area contributed by atoms with Crippen LogP contribution in [-0.4, -0.2) is 11.8 Å². The molecule has 1 saturated heterocycles. The Morgan fingerprint density at radius 3 is 2.24 bits per heavy atom. The van der Waals surface area contributed by atoms with Crippen molar-refractivity contribution >= 4 is 33.4 Å². The molecule has 0 bridgehead atoms. The molecule has 2 amide bonds. The van der Waals surface area contributed by atoms with Gasteiger partial charge in [0.15, 0.2) is 0 Å². The Balaban J connectivity index is 2.01. The number of benzene rings is 2. The van der Waals surface area contributed by atoms with E-state index >= 15 is 0 Å². The van der Waals surface area contributed by atoms with Gasteiger partial charge in [-0.05, 0) is 36.8 Å². The zero-order chi connectivity index (χ0) is 15.0. The molecule has 1 fully saturated rings. The second-order valence-corrected chi connectivity index (χ2v) is 6.30. The molecule has 3 rings (SSSR count). The first-order valence-electron chi connectivity index (χ1n) is 6.71. The maximum absolute atomic E-state index is 12.8. The summed E-state index contributed by atoms with van der Waals surface area (Å²) < 4.78 is 0.913. The van der Waals surface area contributed by atoms with Crippen LogP contribution in [0.15, 0.2) is 59.1 Å². The van der Waals surface area contributed by atoms with Crippen LogP contribution >= 0.6 is 15.9 Å². The third-order valence-electron chi connectivity index (χ3n) is 3.93. The smallest absolute Gasteiger partial charge is 0.244 e. The van der Waals surface area contributed by atoms with Crippen LogP contribution in [0.25, 0.3) is 0 Å². The average Bonchev–Trinajstić information content (AvgIpc) is 2.72. The molecule has 106 valence electrons. The molecule has 0 spiro atoms. The van der Waals surface area contributed by atoms with Gasteiger partial charge in [-0.2, -0.15) is 0 Å². The molecule has 2 aromatic rings. The van der Waals surface area contributed by atoms with E-state index in [4.69, 9.17) is 0 Å². The van der Waals surface area contributed by atoms with Gasteiger partial charge in [0, 0.05) is 10.9 Å². The Morgan fingerprint density at radius 1 is 1.00 bits per heavy atom. The van der Waals surface area contributed by atoms with Gasteiger partial charge in [-0.25, -0.2) is 4.90 Å². The normalized spacial score (nSPS) is 21.9. The lowest BCUT2D eigenvalue weighted by Gasteiger charge is -2.22. The molecule has 0 aliphatic carbocycles. The average molecular weight is 344 g/mol. The monoisotopic (exact) mass is 343 g/mol. The number of amides is 2. The van der Waals surface area contributed by atoms with Crippen molar-refractivity contribution in [2.24, 2.45) is 0 Å². The summed E-state index contributed by atoms with van der Waals surface area (Å²) in [5.41, 5.74) is 0.710. The molecule has 1 aliphatic rings. The highest BCUT2D eigenvalue weighted by Crippen LogP contribution is 2.38. The lowest BCUT2D eigenvalue weighted by molar-refractivity contribution is -0.122. The van der Waals surface area contributed by atoms with Crippen molar-refractivity contribution in [3.63, 3.8) is 0 Å². The van der Waals surface area contributed by atoms with Crippen molar-refractivity contribution in [1.82, 2.24) is 0 Å². The van der Waals surface area contributed by atoms with E-state index in [-0.39, 0.29) is 18.2 Å². The van der Waals surface area contributed by atoms with E-state index in [1.807, 2.05) is 49.4 Å². The first kappa shape index (κ1) is 14.0. The van der Waals surface area contributed by atoms with Crippen molar-refractivity contribution in [3.8, 4) is 0 Å². The summed E-state index contributed by atoms with van der Waals surface area (Å²) >= 11 is 3.36. The zero-order valence-corrected chi connectivity index (χ0v) is 13.1. The van der Waals surface area contributed by atoms with E-state index in [9.17, 15) is 9.59 Å². The van der Waals surface area contributed by atoms with Crippen LogP contribution in [0.1, 0.15) is 18.9 Å². The lowest BCUT2D eigenvalue weighted by Crippen LogP contribution is -2.36. The Bertz CT molecular complexity index is 696. The van der Waals surface area contributed by atoms with E-state index in [1.54, 1.807) is 12.1 Å². The van der Waals surface area contributed by atoms with Crippen molar-refractivity contribution in [2.75, 3.05) is 4.90 Å². The second kappa shape index (κ2) is 5.11. The minimum absolute atomic E-state index is 0.159. The standard InChI is InChI=1S/C17H14BrNO2/c1-17(12-5-3-2-4-6-12)11-15(20)19(16(17)21)14-9-7-13(18)8-10-14/h2-10H,11H2,1H3. The van der Waals surface area contributed by atoms with E-state index in [2.05, 4.69) is 15.9 Å². The number of halogens is 1. The van der Waals surface area contributed by atoms with Crippen LogP contribution < -0.4 is 4.90 Å². The summed E-state index contributed by atoms with van der Waals surface area (Å²) in [6.07, 6.45) is 0.200. The molecular weight excluding hydrogens is 330 g/mol. The Hall–Kier alpha value is -1.94. The van der Waals surface area contributed by atoms with Crippen LogP contribution in [0.2, 0.25) is 0 Å². The minimum Gasteiger partial charge on any atom is -0.274 e. The van der Waals surface area contributed by atoms with E-state index < -0.39 is 5.41 Å². The summed E-state index contributed by atoms with van der Waals surface area (Å²) in [7, 11) is 0. The minimum atomic E-state index is -0.786. The summed E-state index contributed by atoms with van der Waals surface area (Å²) in [4.78, 5) is 26.5. The van der Waals surface area contributed by atoms with Crippen molar-refractivity contribution in [3.05, 3.63) is 64.6 Å². The summed E-state index contributed by atoms with van der Waals surface area (Å²) in [6, 6.07) is 16.7. The number of imide groups is 1. The third kappa shape index (κ3) is 2.29. The topological polar surface area (TPSA) is 37.4 Å². The van der Waals surface area contributed by atoms with Gasteiger partial charge < -0.3 is 0 Å². The molecular formula is C17H14BrNO2. The molecule has 1 aliphatic heterocycles. The van der Waals surface area contributed by atoms with Crippen LogP contribution in [-0.2, 0) is 15.0 Å². The van der Waals surface area contributed by atoms with Gasteiger partial charge in [0.1, 0.15) is 0 Å². The molecule has 1 unspecified atom stereocenters. The predicted molar refractivity (Wildman–Crippen MR) is 85.0 cm³/mol. The molecule has 0 saturated carbocycles. The highest BCUT2D eigenvalue weighted by Gasteiger charge is 2.49. The largest absolute Gasteiger partial charge is 0.274 e. The van der Waals surface area contributed by atoms with Gasteiger partial charge >= 0.3 is 0 Å². The Kier molecular flexibility index (Phi) is 3.41. The number of rotatable bonds is 2. The van der Waals surface area contributed by atoms with Crippen LogP contribution in [0, 0.1) is 0 Å². The Morgan fingerprint density at radius 2 is 1.62 bits per heavy atom. The van der Waals surface area contributed by atoms with Crippen molar-refractivity contribution in [1.29, 1.82) is 0 Å². The van der Waals surface area contributed by atoms with Crippen molar-refractivity contribution in [2.45, 2.75) is 18.8 Å². The SMILES string of the molecule is CC1(c2ccccc2)CC(=O)N(c2ccc(Br)cc2)C1=O. The number of hydrogen-bond donors (Lipinski definition) is 0. The molecule has 0 N–H and O–H groups in total. The fourth-order valence-corrected chi connectivity index (χ4v) is 2.96. The molecule has 0 aromatic heterocycles. The summed E-state index contributed by atoms with van der Waals surface area (Å²) in [5, 5.41) is 0. The molecule has 21 heavy (non-hydrogen) atoms. The molecule has 0 radical (unpaired) electrons. The fourth-order valence-electron chi connectivity index (χ4n) is 2.70. The second-order valence-electron chi connectivity index (χ2n) is 5.39.